The number of methoxy groups -OCH3 is 1. The van der Waals surface area contributed by atoms with Crippen molar-refractivity contribution in [3.63, 3.8) is 0 Å². The molecule has 36 heavy (non-hydrogen) atoms. The number of benzene rings is 3. The van der Waals surface area contributed by atoms with Crippen LogP contribution in [0.25, 0.3) is 0 Å². The molecule has 0 saturated heterocycles. The number of hydrogen-bond donors (Lipinski definition) is 1. The third-order valence-corrected chi connectivity index (χ3v) is 7.34. The van der Waals surface area contributed by atoms with E-state index in [1.54, 1.807) is 31.4 Å². The lowest BCUT2D eigenvalue weighted by atomic mass is 10.1. The van der Waals surface area contributed by atoms with Crippen molar-refractivity contribution in [3.05, 3.63) is 107 Å². The number of ether oxygens (including phenoxy) is 2. The summed E-state index contributed by atoms with van der Waals surface area (Å²) in [6, 6.07) is 24.7. The summed E-state index contributed by atoms with van der Waals surface area (Å²) in [5.74, 6) is 1.71. The molecule has 4 rings (SSSR count). The van der Waals surface area contributed by atoms with E-state index in [1.165, 1.54) is 23.1 Å². The Balaban J connectivity index is 1.18. The molecule has 6 nitrogen and oxygen atoms in total. The van der Waals surface area contributed by atoms with Crippen molar-refractivity contribution in [2.24, 2.45) is 0 Å². The predicted octanol–water partition coefficient (Wildman–Crippen LogP) is 5.56. The third kappa shape index (κ3) is 7.69. The van der Waals surface area contributed by atoms with Gasteiger partial charge < -0.3 is 14.8 Å². The van der Waals surface area contributed by atoms with Crippen LogP contribution >= 0.6 is 23.1 Å². The second-order valence-electron chi connectivity index (χ2n) is 7.92. The number of Topliss-reactive ketones (excluding diaryl/α,β-unsaturated/α-hetero) is 1. The molecule has 0 spiro atoms. The summed E-state index contributed by atoms with van der Waals surface area (Å²) in [5.41, 5.74) is 3.43. The topological polar surface area (TPSA) is 77.5 Å². The van der Waals surface area contributed by atoms with E-state index in [1.807, 2.05) is 60.0 Å². The van der Waals surface area contributed by atoms with E-state index < -0.39 is 0 Å². The van der Waals surface area contributed by atoms with Gasteiger partial charge in [-0.1, -0.05) is 54.2 Å². The maximum atomic E-state index is 12.4. The van der Waals surface area contributed by atoms with E-state index in [0.717, 1.165) is 21.2 Å². The summed E-state index contributed by atoms with van der Waals surface area (Å²) in [6.07, 6.45) is 0.196. The standard InChI is InChI=1S/C28H26N2O4S2/c1-33-24-13-9-22(10-14-24)26(31)19-36-28-30-23(18-35-28)15-27(32)29-16-20-7-11-25(12-8-20)34-17-21-5-3-2-4-6-21/h2-14,18H,15-17,19H2,1H3,(H,29,32). The molecule has 3 aromatic carbocycles. The summed E-state index contributed by atoms with van der Waals surface area (Å²) in [7, 11) is 1.59. The molecule has 0 radical (unpaired) electrons. The summed E-state index contributed by atoms with van der Waals surface area (Å²) >= 11 is 2.82. The first-order valence-electron chi connectivity index (χ1n) is 11.4. The molecule has 1 N–H and O–H groups in total. The van der Waals surface area contributed by atoms with Crippen LogP contribution in [0.2, 0.25) is 0 Å². The van der Waals surface area contributed by atoms with Crippen molar-refractivity contribution in [2.45, 2.75) is 23.9 Å². The Bertz CT molecular complexity index is 1270. The average Bonchev–Trinajstić information content (AvgIpc) is 3.37. The van der Waals surface area contributed by atoms with Gasteiger partial charge in [0, 0.05) is 17.5 Å². The van der Waals surface area contributed by atoms with Gasteiger partial charge in [0.25, 0.3) is 0 Å². The number of carbonyl (C=O) groups excluding carboxylic acids is 2. The SMILES string of the molecule is COc1ccc(C(=O)CSc2nc(CC(=O)NCc3ccc(OCc4ccccc4)cc3)cs2)cc1. The molecule has 0 saturated carbocycles. The Labute approximate surface area is 218 Å². The van der Waals surface area contributed by atoms with Crippen LogP contribution in [0.4, 0.5) is 0 Å². The molecule has 4 aromatic rings. The Morgan fingerprint density at radius 3 is 2.36 bits per heavy atom. The van der Waals surface area contributed by atoms with Gasteiger partial charge in [0.2, 0.25) is 5.91 Å². The molecule has 0 aliphatic carbocycles. The minimum atomic E-state index is -0.101. The van der Waals surface area contributed by atoms with E-state index in [2.05, 4.69) is 10.3 Å². The number of thiazole rings is 1. The van der Waals surface area contributed by atoms with Gasteiger partial charge in [0.05, 0.1) is 25.0 Å². The fourth-order valence-corrected chi connectivity index (χ4v) is 5.03. The van der Waals surface area contributed by atoms with Crippen LogP contribution in [0.15, 0.2) is 88.6 Å². The van der Waals surface area contributed by atoms with Crippen LogP contribution < -0.4 is 14.8 Å². The number of aromatic nitrogens is 1. The van der Waals surface area contributed by atoms with Crippen molar-refractivity contribution in [2.75, 3.05) is 12.9 Å². The number of nitrogens with zero attached hydrogens (tertiary/aromatic N) is 1. The zero-order chi connectivity index (χ0) is 25.2. The van der Waals surface area contributed by atoms with E-state index >= 15 is 0 Å². The lowest BCUT2D eigenvalue weighted by Gasteiger charge is -2.08. The molecule has 1 heterocycles. The van der Waals surface area contributed by atoms with Gasteiger partial charge in [-0.2, -0.15) is 0 Å². The highest BCUT2D eigenvalue weighted by molar-refractivity contribution is 8.01. The molecule has 0 aliphatic rings. The van der Waals surface area contributed by atoms with Gasteiger partial charge in [-0.05, 0) is 47.5 Å². The molecule has 0 atom stereocenters. The minimum Gasteiger partial charge on any atom is -0.497 e. The molecule has 0 unspecified atom stereocenters. The van der Waals surface area contributed by atoms with Gasteiger partial charge in [-0.3, -0.25) is 9.59 Å². The van der Waals surface area contributed by atoms with Crippen molar-refractivity contribution >= 4 is 34.8 Å². The molecule has 8 heteroatoms. The zero-order valence-electron chi connectivity index (χ0n) is 19.8. The zero-order valence-corrected chi connectivity index (χ0v) is 21.4. The molecular weight excluding hydrogens is 492 g/mol. The monoisotopic (exact) mass is 518 g/mol. The first-order valence-corrected chi connectivity index (χ1v) is 13.2. The maximum Gasteiger partial charge on any atom is 0.226 e. The average molecular weight is 519 g/mol. The lowest BCUT2D eigenvalue weighted by Crippen LogP contribution is -2.24. The van der Waals surface area contributed by atoms with Crippen molar-refractivity contribution < 1.29 is 19.1 Å². The fraction of sp³-hybridized carbons (Fsp3) is 0.179. The van der Waals surface area contributed by atoms with Crippen molar-refractivity contribution in [1.29, 1.82) is 0 Å². The smallest absolute Gasteiger partial charge is 0.226 e. The number of thioether (sulfide) groups is 1. The van der Waals surface area contributed by atoms with Crippen LogP contribution in [0.1, 0.15) is 27.2 Å². The van der Waals surface area contributed by atoms with Gasteiger partial charge >= 0.3 is 0 Å². The summed E-state index contributed by atoms with van der Waals surface area (Å²) in [5, 5.41) is 4.79. The Kier molecular flexibility index (Phi) is 9.13. The van der Waals surface area contributed by atoms with Crippen LogP contribution in [-0.4, -0.2) is 29.5 Å². The van der Waals surface area contributed by atoms with E-state index in [4.69, 9.17) is 9.47 Å². The minimum absolute atomic E-state index is 0.0219. The first-order chi connectivity index (χ1) is 17.6. The van der Waals surface area contributed by atoms with Crippen LogP contribution in [0, 0.1) is 0 Å². The Morgan fingerprint density at radius 1 is 0.917 bits per heavy atom. The number of hydrogen-bond acceptors (Lipinski definition) is 7. The van der Waals surface area contributed by atoms with Crippen molar-refractivity contribution in [3.8, 4) is 11.5 Å². The third-order valence-electron chi connectivity index (χ3n) is 5.27. The van der Waals surface area contributed by atoms with Crippen LogP contribution in [0.3, 0.4) is 0 Å². The highest BCUT2D eigenvalue weighted by Gasteiger charge is 2.11. The molecule has 184 valence electrons. The largest absolute Gasteiger partial charge is 0.497 e. The lowest BCUT2D eigenvalue weighted by molar-refractivity contribution is -0.120. The quantitative estimate of drug-likeness (QED) is 0.195. The normalized spacial score (nSPS) is 10.6. The fourth-order valence-electron chi connectivity index (χ4n) is 3.30. The number of amides is 1. The van der Waals surface area contributed by atoms with Crippen LogP contribution in [-0.2, 0) is 24.4 Å². The summed E-state index contributed by atoms with van der Waals surface area (Å²) in [6.45, 7) is 0.945. The van der Waals surface area contributed by atoms with Gasteiger partial charge in [-0.15, -0.1) is 11.3 Å². The predicted molar refractivity (Wildman–Crippen MR) is 143 cm³/mol. The van der Waals surface area contributed by atoms with E-state index in [-0.39, 0.29) is 23.9 Å². The number of ketones is 1. The summed E-state index contributed by atoms with van der Waals surface area (Å²) in [4.78, 5) is 29.3. The first kappa shape index (κ1) is 25.5. The van der Waals surface area contributed by atoms with Crippen LogP contribution in [0.5, 0.6) is 11.5 Å². The molecular formula is C28H26N2O4S2. The van der Waals surface area contributed by atoms with E-state index in [9.17, 15) is 9.59 Å². The number of carbonyl (C=O) groups is 2. The Morgan fingerprint density at radius 2 is 1.64 bits per heavy atom. The van der Waals surface area contributed by atoms with Gasteiger partial charge in [0.15, 0.2) is 10.1 Å². The Hall–Kier alpha value is -3.62. The van der Waals surface area contributed by atoms with Crippen molar-refractivity contribution in [1.82, 2.24) is 10.3 Å². The maximum absolute atomic E-state index is 12.4. The molecule has 1 amide bonds. The molecule has 1 aromatic heterocycles. The molecule has 0 aliphatic heterocycles. The number of rotatable bonds is 12. The highest BCUT2D eigenvalue weighted by Crippen LogP contribution is 2.24. The highest BCUT2D eigenvalue weighted by atomic mass is 32.2. The summed E-state index contributed by atoms with van der Waals surface area (Å²) < 4.78 is 11.7. The molecule has 0 fully saturated rings. The molecule has 0 bridgehead atoms. The second-order valence-corrected chi connectivity index (χ2v) is 10.00. The van der Waals surface area contributed by atoms with Gasteiger partial charge in [-0.25, -0.2) is 4.98 Å². The second kappa shape index (κ2) is 12.9. The number of nitrogens with one attached hydrogen (secondary N) is 1. The van der Waals surface area contributed by atoms with E-state index in [0.29, 0.717) is 30.2 Å². The van der Waals surface area contributed by atoms with Gasteiger partial charge in [0.1, 0.15) is 18.1 Å².